The van der Waals surface area contributed by atoms with Crippen LogP contribution >= 0.6 is 0 Å². The van der Waals surface area contributed by atoms with Gasteiger partial charge in [-0.2, -0.15) is 5.26 Å². The number of aryl methyl sites for hydroxylation is 1. The van der Waals surface area contributed by atoms with Crippen molar-refractivity contribution in [2.75, 3.05) is 11.9 Å². The van der Waals surface area contributed by atoms with Gasteiger partial charge in [-0.25, -0.2) is 4.79 Å². The molecule has 0 heterocycles. The van der Waals surface area contributed by atoms with Crippen LogP contribution in [0.4, 0.5) is 10.5 Å². The number of anilines is 1. The first-order chi connectivity index (χ1) is 9.20. The first-order valence-corrected chi connectivity index (χ1v) is 6.72. The second-order valence-electron chi connectivity index (χ2n) is 5.02. The Labute approximate surface area is 114 Å². The first kappa shape index (κ1) is 13.4. The molecule has 1 aromatic carbocycles. The summed E-state index contributed by atoms with van der Waals surface area (Å²) in [5.41, 5.74) is 1.89. The van der Waals surface area contributed by atoms with E-state index in [1.807, 2.05) is 31.2 Å². The van der Waals surface area contributed by atoms with Crippen LogP contribution in [0.5, 0.6) is 0 Å². The summed E-state index contributed by atoms with van der Waals surface area (Å²) in [5.74, 6) is 0. The Kier molecular flexibility index (Phi) is 4.40. The lowest BCUT2D eigenvalue weighted by Gasteiger charge is -2.26. The number of nitriles is 1. The van der Waals surface area contributed by atoms with Gasteiger partial charge in [-0.05, 0) is 37.5 Å². The van der Waals surface area contributed by atoms with Gasteiger partial charge in [0.15, 0.2) is 0 Å². The van der Waals surface area contributed by atoms with Gasteiger partial charge >= 0.3 is 6.03 Å². The van der Waals surface area contributed by atoms with Crippen molar-refractivity contribution in [3.8, 4) is 6.07 Å². The molecule has 1 N–H and O–H groups in total. The third-order valence-corrected chi connectivity index (χ3v) is 3.54. The van der Waals surface area contributed by atoms with Gasteiger partial charge in [0.1, 0.15) is 6.54 Å². The van der Waals surface area contributed by atoms with Crippen molar-refractivity contribution in [3.05, 3.63) is 29.8 Å². The average Bonchev–Trinajstić information content (AvgIpc) is 2.89. The SMILES string of the molecule is Cc1cccc(NC(=O)N(CC#N)C2CCCC2)c1. The molecule has 2 amide bonds. The molecule has 0 unspecified atom stereocenters. The molecule has 0 radical (unpaired) electrons. The van der Waals surface area contributed by atoms with Crippen molar-refractivity contribution in [3.63, 3.8) is 0 Å². The molecule has 0 atom stereocenters. The Morgan fingerprint density at radius 3 is 2.84 bits per heavy atom. The van der Waals surface area contributed by atoms with E-state index < -0.39 is 0 Å². The summed E-state index contributed by atoms with van der Waals surface area (Å²) in [5, 5.41) is 11.8. The lowest BCUT2D eigenvalue weighted by Crippen LogP contribution is -2.41. The molecule has 4 nitrogen and oxygen atoms in total. The number of amides is 2. The topological polar surface area (TPSA) is 56.1 Å². The minimum absolute atomic E-state index is 0.155. The maximum Gasteiger partial charge on any atom is 0.322 e. The molecule has 2 rings (SSSR count). The molecule has 0 aliphatic heterocycles. The van der Waals surface area contributed by atoms with Crippen molar-refractivity contribution >= 4 is 11.7 Å². The Balaban J connectivity index is 2.05. The Bertz CT molecular complexity index is 486. The molecule has 4 heteroatoms. The molecule has 0 saturated heterocycles. The molecule has 1 fully saturated rings. The van der Waals surface area contributed by atoms with E-state index in [0.717, 1.165) is 36.9 Å². The molecule has 1 aliphatic carbocycles. The van der Waals surface area contributed by atoms with Gasteiger partial charge in [0.25, 0.3) is 0 Å². The fourth-order valence-corrected chi connectivity index (χ4v) is 2.58. The van der Waals surface area contributed by atoms with Gasteiger partial charge < -0.3 is 10.2 Å². The van der Waals surface area contributed by atoms with Crippen LogP contribution in [-0.4, -0.2) is 23.5 Å². The highest BCUT2D eigenvalue weighted by Crippen LogP contribution is 2.24. The van der Waals surface area contributed by atoms with Crippen LogP contribution in [0.1, 0.15) is 31.2 Å². The number of urea groups is 1. The number of hydrogen-bond donors (Lipinski definition) is 1. The van der Waals surface area contributed by atoms with Crippen LogP contribution in [0.2, 0.25) is 0 Å². The molecule has 1 saturated carbocycles. The van der Waals surface area contributed by atoms with Gasteiger partial charge in [0, 0.05) is 11.7 Å². The van der Waals surface area contributed by atoms with Crippen LogP contribution in [0.15, 0.2) is 24.3 Å². The van der Waals surface area contributed by atoms with Crippen molar-refractivity contribution < 1.29 is 4.79 Å². The maximum absolute atomic E-state index is 12.3. The normalized spacial score (nSPS) is 14.9. The number of benzene rings is 1. The van der Waals surface area contributed by atoms with E-state index >= 15 is 0 Å². The number of nitrogens with one attached hydrogen (secondary N) is 1. The Morgan fingerprint density at radius 1 is 1.47 bits per heavy atom. The minimum Gasteiger partial charge on any atom is -0.308 e. The third-order valence-electron chi connectivity index (χ3n) is 3.54. The summed E-state index contributed by atoms with van der Waals surface area (Å²) in [6.07, 6.45) is 4.29. The van der Waals surface area contributed by atoms with Crippen LogP contribution in [0, 0.1) is 18.3 Å². The summed E-state index contributed by atoms with van der Waals surface area (Å²) in [6.45, 7) is 2.14. The number of rotatable bonds is 3. The zero-order valence-corrected chi connectivity index (χ0v) is 11.2. The van der Waals surface area contributed by atoms with E-state index in [1.54, 1.807) is 4.90 Å². The third kappa shape index (κ3) is 3.47. The van der Waals surface area contributed by atoms with Crippen LogP contribution in [0.25, 0.3) is 0 Å². The van der Waals surface area contributed by atoms with Crippen LogP contribution in [0.3, 0.4) is 0 Å². The molecular formula is C15H19N3O. The fraction of sp³-hybridized carbons (Fsp3) is 0.467. The Hall–Kier alpha value is -2.02. The second kappa shape index (κ2) is 6.24. The molecule has 19 heavy (non-hydrogen) atoms. The average molecular weight is 257 g/mol. The summed E-state index contributed by atoms with van der Waals surface area (Å²) in [6, 6.07) is 9.82. The van der Waals surface area contributed by atoms with E-state index in [1.165, 1.54) is 0 Å². The number of carbonyl (C=O) groups excluding carboxylic acids is 1. The highest BCUT2D eigenvalue weighted by atomic mass is 16.2. The van der Waals surface area contributed by atoms with Gasteiger partial charge in [0.05, 0.1) is 6.07 Å². The summed E-state index contributed by atoms with van der Waals surface area (Å²) in [7, 11) is 0. The van der Waals surface area contributed by atoms with E-state index in [-0.39, 0.29) is 18.6 Å². The standard InChI is InChI=1S/C15H19N3O/c1-12-5-4-6-13(11-12)17-15(19)18(10-9-16)14-7-2-3-8-14/h4-6,11,14H,2-3,7-8,10H2,1H3,(H,17,19). The van der Waals surface area contributed by atoms with Crippen LogP contribution < -0.4 is 5.32 Å². The van der Waals surface area contributed by atoms with Gasteiger partial charge in [-0.3, -0.25) is 0 Å². The summed E-state index contributed by atoms with van der Waals surface area (Å²) >= 11 is 0. The molecule has 100 valence electrons. The van der Waals surface area contributed by atoms with Crippen molar-refractivity contribution in [2.24, 2.45) is 0 Å². The largest absolute Gasteiger partial charge is 0.322 e. The zero-order chi connectivity index (χ0) is 13.7. The smallest absolute Gasteiger partial charge is 0.308 e. The maximum atomic E-state index is 12.3. The van der Waals surface area contributed by atoms with Crippen molar-refractivity contribution in [1.29, 1.82) is 5.26 Å². The van der Waals surface area contributed by atoms with E-state index in [2.05, 4.69) is 11.4 Å². The van der Waals surface area contributed by atoms with Crippen molar-refractivity contribution in [2.45, 2.75) is 38.6 Å². The zero-order valence-electron chi connectivity index (χ0n) is 11.2. The summed E-state index contributed by atoms with van der Waals surface area (Å²) in [4.78, 5) is 13.9. The van der Waals surface area contributed by atoms with Gasteiger partial charge in [-0.15, -0.1) is 0 Å². The predicted molar refractivity (Wildman–Crippen MR) is 74.8 cm³/mol. The number of hydrogen-bond acceptors (Lipinski definition) is 2. The second-order valence-corrected chi connectivity index (χ2v) is 5.02. The number of carbonyl (C=O) groups is 1. The molecule has 0 spiro atoms. The van der Waals surface area contributed by atoms with Gasteiger partial charge in [-0.1, -0.05) is 25.0 Å². The lowest BCUT2D eigenvalue weighted by atomic mass is 10.2. The lowest BCUT2D eigenvalue weighted by molar-refractivity contribution is 0.197. The molecule has 0 bridgehead atoms. The highest BCUT2D eigenvalue weighted by Gasteiger charge is 2.26. The van der Waals surface area contributed by atoms with E-state index in [0.29, 0.717) is 0 Å². The predicted octanol–water partition coefficient (Wildman–Crippen LogP) is 3.30. The summed E-state index contributed by atoms with van der Waals surface area (Å²) < 4.78 is 0. The fourth-order valence-electron chi connectivity index (χ4n) is 2.58. The number of nitrogens with zero attached hydrogens (tertiary/aromatic N) is 2. The Morgan fingerprint density at radius 2 is 2.21 bits per heavy atom. The quantitative estimate of drug-likeness (QED) is 0.845. The molecule has 1 aliphatic rings. The van der Waals surface area contributed by atoms with Crippen LogP contribution in [-0.2, 0) is 0 Å². The first-order valence-electron chi connectivity index (χ1n) is 6.72. The van der Waals surface area contributed by atoms with Gasteiger partial charge in [0.2, 0.25) is 0 Å². The van der Waals surface area contributed by atoms with E-state index in [4.69, 9.17) is 5.26 Å². The van der Waals surface area contributed by atoms with E-state index in [9.17, 15) is 4.79 Å². The molecular weight excluding hydrogens is 238 g/mol. The highest BCUT2D eigenvalue weighted by molar-refractivity contribution is 5.89. The monoisotopic (exact) mass is 257 g/mol. The van der Waals surface area contributed by atoms with Crippen molar-refractivity contribution in [1.82, 2.24) is 4.90 Å². The molecule has 0 aromatic heterocycles. The minimum atomic E-state index is -0.168. The molecule has 1 aromatic rings.